The Balaban J connectivity index is 1.37. The van der Waals surface area contributed by atoms with Crippen LogP contribution < -0.4 is 20.1 Å². The zero-order valence-corrected chi connectivity index (χ0v) is 19.4. The zero-order valence-electron chi connectivity index (χ0n) is 17.8. The molecule has 0 aliphatic carbocycles. The van der Waals surface area contributed by atoms with E-state index in [1.807, 2.05) is 13.8 Å². The molecule has 12 heteroatoms. The highest BCUT2D eigenvalue weighted by molar-refractivity contribution is 9.10. The van der Waals surface area contributed by atoms with Crippen molar-refractivity contribution in [2.45, 2.75) is 20.4 Å². The van der Waals surface area contributed by atoms with Gasteiger partial charge in [0.25, 0.3) is 5.91 Å². The maximum Gasteiger partial charge on any atom is 0.316 e. The van der Waals surface area contributed by atoms with Gasteiger partial charge in [0.05, 0.1) is 23.0 Å². The summed E-state index contributed by atoms with van der Waals surface area (Å²) in [6, 6.07) is 6.89. The van der Waals surface area contributed by atoms with Gasteiger partial charge in [0.15, 0.2) is 12.4 Å². The Morgan fingerprint density at radius 3 is 2.47 bits per heavy atom. The van der Waals surface area contributed by atoms with Gasteiger partial charge in [-0.2, -0.15) is 10.1 Å². The van der Waals surface area contributed by atoms with E-state index in [1.165, 1.54) is 0 Å². The van der Waals surface area contributed by atoms with Gasteiger partial charge in [0.2, 0.25) is 0 Å². The Morgan fingerprint density at radius 1 is 1.12 bits per heavy atom. The average Bonchev–Trinajstić information content (AvgIpc) is 3.36. The smallest absolute Gasteiger partial charge is 0.316 e. The standard InChI is InChI=1S/C20H23BrN6O5/c1-12-18(21)13(2)27(25-12)10-16-24-20(32-26-16)19(29)23-9-8-22-17(28)11-31-15-6-4-14(30-3)5-7-15/h4-7H,8-11H2,1-3H3,(H,22,28)(H,23,29). The fraction of sp³-hybridized carbons (Fsp3) is 0.350. The molecule has 32 heavy (non-hydrogen) atoms. The van der Waals surface area contributed by atoms with Gasteiger partial charge in [-0.3, -0.25) is 14.3 Å². The average molecular weight is 507 g/mol. The summed E-state index contributed by atoms with van der Waals surface area (Å²) in [5, 5.41) is 13.4. The van der Waals surface area contributed by atoms with Gasteiger partial charge in [-0.15, -0.1) is 0 Å². The van der Waals surface area contributed by atoms with Crippen molar-refractivity contribution in [2.75, 3.05) is 26.8 Å². The van der Waals surface area contributed by atoms with E-state index in [4.69, 9.17) is 14.0 Å². The van der Waals surface area contributed by atoms with Gasteiger partial charge >= 0.3 is 11.8 Å². The predicted molar refractivity (Wildman–Crippen MR) is 117 cm³/mol. The van der Waals surface area contributed by atoms with Crippen molar-refractivity contribution >= 4 is 27.7 Å². The lowest BCUT2D eigenvalue weighted by Crippen LogP contribution is -2.36. The lowest BCUT2D eigenvalue weighted by molar-refractivity contribution is -0.123. The number of halogens is 1. The van der Waals surface area contributed by atoms with E-state index in [0.717, 1.165) is 15.9 Å². The highest BCUT2D eigenvalue weighted by Crippen LogP contribution is 2.20. The molecule has 0 saturated heterocycles. The van der Waals surface area contributed by atoms with Crippen LogP contribution in [-0.4, -0.2) is 58.5 Å². The molecule has 2 aromatic heterocycles. The van der Waals surface area contributed by atoms with Crippen molar-refractivity contribution in [3.8, 4) is 11.5 Å². The van der Waals surface area contributed by atoms with Crippen LogP contribution in [-0.2, 0) is 11.3 Å². The van der Waals surface area contributed by atoms with E-state index >= 15 is 0 Å². The van der Waals surface area contributed by atoms with Gasteiger partial charge in [-0.05, 0) is 54.0 Å². The molecule has 0 radical (unpaired) electrons. The van der Waals surface area contributed by atoms with Gasteiger partial charge in [0.1, 0.15) is 18.0 Å². The number of nitrogens with zero attached hydrogens (tertiary/aromatic N) is 4. The number of nitrogens with one attached hydrogen (secondary N) is 2. The number of aryl methyl sites for hydroxylation is 1. The van der Waals surface area contributed by atoms with E-state index < -0.39 is 5.91 Å². The molecule has 0 atom stereocenters. The second-order valence-electron chi connectivity index (χ2n) is 6.73. The van der Waals surface area contributed by atoms with Crippen LogP contribution in [0.1, 0.15) is 27.9 Å². The first kappa shape index (κ1) is 23.3. The largest absolute Gasteiger partial charge is 0.497 e. The van der Waals surface area contributed by atoms with Crippen molar-refractivity contribution in [3.05, 3.63) is 51.8 Å². The molecule has 2 heterocycles. The number of methoxy groups -OCH3 is 1. The lowest BCUT2D eigenvalue weighted by atomic mass is 10.3. The monoisotopic (exact) mass is 506 g/mol. The van der Waals surface area contributed by atoms with Crippen LogP contribution in [0.3, 0.4) is 0 Å². The molecule has 0 bridgehead atoms. The maximum absolute atomic E-state index is 12.2. The van der Waals surface area contributed by atoms with Crippen LogP contribution >= 0.6 is 15.9 Å². The normalized spacial score (nSPS) is 10.6. The molecule has 1 aromatic carbocycles. The van der Waals surface area contributed by atoms with Crippen molar-refractivity contribution in [2.24, 2.45) is 0 Å². The van der Waals surface area contributed by atoms with Crippen LogP contribution in [0.15, 0.2) is 33.3 Å². The number of hydrogen-bond acceptors (Lipinski definition) is 8. The summed E-state index contributed by atoms with van der Waals surface area (Å²) in [6.07, 6.45) is 0. The van der Waals surface area contributed by atoms with Crippen LogP contribution in [0, 0.1) is 13.8 Å². The maximum atomic E-state index is 12.2. The van der Waals surface area contributed by atoms with E-state index in [-0.39, 0.29) is 38.0 Å². The van der Waals surface area contributed by atoms with E-state index in [2.05, 4.69) is 41.8 Å². The summed E-state index contributed by atoms with van der Waals surface area (Å²) in [7, 11) is 1.57. The zero-order chi connectivity index (χ0) is 23.1. The number of ether oxygens (including phenoxy) is 2. The van der Waals surface area contributed by atoms with E-state index in [0.29, 0.717) is 17.3 Å². The topological polar surface area (TPSA) is 133 Å². The molecule has 0 aliphatic rings. The number of carbonyl (C=O) groups excluding carboxylic acids is 2. The number of hydrogen-bond donors (Lipinski definition) is 2. The SMILES string of the molecule is COc1ccc(OCC(=O)NCCNC(=O)c2nc(Cn3nc(C)c(Br)c3C)no2)cc1. The molecule has 11 nitrogen and oxygen atoms in total. The van der Waals surface area contributed by atoms with Crippen LogP contribution in [0.5, 0.6) is 11.5 Å². The Labute approximate surface area is 192 Å². The van der Waals surface area contributed by atoms with Crippen molar-refractivity contribution in [1.82, 2.24) is 30.6 Å². The summed E-state index contributed by atoms with van der Waals surface area (Å²) in [5.74, 6) is 0.583. The first-order valence-corrected chi connectivity index (χ1v) is 10.5. The van der Waals surface area contributed by atoms with E-state index in [1.54, 1.807) is 36.1 Å². The summed E-state index contributed by atoms with van der Waals surface area (Å²) in [5.41, 5.74) is 1.77. The highest BCUT2D eigenvalue weighted by Gasteiger charge is 2.17. The quantitative estimate of drug-likeness (QED) is 0.396. The molecule has 2 amide bonds. The lowest BCUT2D eigenvalue weighted by Gasteiger charge is -2.08. The van der Waals surface area contributed by atoms with Crippen LogP contribution in [0.25, 0.3) is 0 Å². The molecule has 0 fully saturated rings. The third-order valence-corrected chi connectivity index (χ3v) is 5.56. The Hall–Kier alpha value is -3.41. The molecule has 0 spiro atoms. The number of benzene rings is 1. The third kappa shape index (κ3) is 6.06. The van der Waals surface area contributed by atoms with Gasteiger partial charge in [-0.1, -0.05) is 5.16 Å². The number of amides is 2. The van der Waals surface area contributed by atoms with Crippen molar-refractivity contribution < 1.29 is 23.6 Å². The Kier molecular flexibility index (Phi) is 7.82. The third-order valence-electron chi connectivity index (χ3n) is 4.41. The summed E-state index contributed by atoms with van der Waals surface area (Å²) >= 11 is 3.46. The molecule has 0 aliphatic heterocycles. The number of aromatic nitrogens is 4. The molecule has 170 valence electrons. The van der Waals surface area contributed by atoms with Gasteiger partial charge < -0.3 is 24.6 Å². The summed E-state index contributed by atoms with van der Waals surface area (Å²) < 4.78 is 18.1. The van der Waals surface area contributed by atoms with Crippen molar-refractivity contribution in [1.29, 1.82) is 0 Å². The number of carbonyl (C=O) groups is 2. The Bertz CT molecular complexity index is 1080. The molecule has 0 saturated carbocycles. The molecular weight excluding hydrogens is 484 g/mol. The van der Waals surface area contributed by atoms with E-state index in [9.17, 15) is 9.59 Å². The van der Waals surface area contributed by atoms with Crippen molar-refractivity contribution in [3.63, 3.8) is 0 Å². The van der Waals surface area contributed by atoms with Gasteiger partial charge in [-0.25, -0.2) is 0 Å². The molecule has 2 N–H and O–H groups in total. The Morgan fingerprint density at radius 2 is 1.81 bits per heavy atom. The van der Waals surface area contributed by atoms with Gasteiger partial charge in [0, 0.05) is 13.1 Å². The minimum Gasteiger partial charge on any atom is -0.497 e. The predicted octanol–water partition coefficient (Wildman–Crippen LogP) is 1.63. The van der Waals surface area contributed by atoms with Crippen LogP contribution in [0.2, 0.25) is 0 Å². The number of rotatable bonds is 10. The minimum absolute atomic E-state index is 0.143. The second kappa shape index (κ2) is 10.8. The summed E-state index contributed by atoms with van der Waals surface area (Å²) in [4.78, 5) is 28.1. The minimum atomic E-state index is -0.526. The fourth-order valence-corrected chi connectivity index (χ4v) is 2.98. The van der Waals surface area contributed by atoms with Crippen LogP contribution in [0.4, 0.5) is 0 Å². The molecule has 3 aromatic rings. The highest BCUT2D eigenvalue weighted by atomic mass is 79.9. The summed E-state index contributed by atoms with van der Waals surface area (Å²) in [6.45, 7) is 4.34. The fourth-order valence-electron chi connectivity index (χ4n) is 2.70. The second-order valence-corrected chi connectivity index (χ2v) is 7.52. The molecule has 0 unspecified atom stereocenters. The molecule has 3 rings (SSSR count). The first-order chi connectivity index (χ1) is 15.4. The first-order valence-electron chi connectivity index (χ1n) is 9.71. The molecular formula is C20H23BrN6O5.